The zero-order valence-corrected chi connectivity index (χ0v) is 12.0. The van der Waals surface area contributed by atoms with Crippen molar-refractivity contribution in [1.82, 2.24) is 0 Å². The SMILES string of the molecule is CC1CC(C)CC(C(=O)c2cccc(C(F)(F)F)c2F)C1. The third kappa shape index (κ3) is 3.44. The average molecular weight is 302 g/mol. The van der Waals surface area contributed by atoms with Gasteiger partial charge < -0.3 is 0 Å². The second-order valence-electron chi connectivity index (χ2n) is 6.14. The van der Waals surface area contributed by atoms with Crippen molar-refractivity contribution < 1.29 is 22.4 Å². The molecule has 0 spiro atoms. The van der Waals surface area contributed by atoms with Crippen LogP contribution in [0.4, 0.5) is 17.6 Å². The molecule has 0 saturated heterocycles. The second-order valence-corrected chi connectivity index (χ2v) is 6.14. The van der Waals surface area contributed by atoms with E-state index in [0.717, 1.165) is 18.6 Å². The number of hydrogen-bond acceptors (Lipinski definition) is 1. The number of hydrogen-bond donors (Lipinski definition) is 0. The third-order valence-corrected chi connectivity index (χ3v) is 4.12. The van der Waals surface area contributed by atoms with Crippen molar-refractivity contribution in [3.05, 3.63) is 35.1 Å². The molecule has 5 heteroatoms. The molecule has 1 fully saturated rings. The molecule has 0 heterocycles. The number of Topliss-reactive ketones (excluding diaryl/α,β-unsaturated/α-hetero) is 1. The maximum Gasteiger partial charge on any atom is 0.419 e. The number of ketones is 1. The summed E-state index contributed by atoms with van der Waals surface area (Å²) in [5.41, 5.74) is -1.80. The molecule has 0 N–H and O–H groups in total. The quantitative estimate of drug-likeness (QED) is 0.548. The number of carbonyl (C=O) groups excluding carboxylic acids is 1. The molecule has 0 radical (unpaired) electrons. The number of benzene rings is 1. The average Bonchev–Trinajstić information content (AvgIpc) is 2.35. The Hall–Kier alpha value is -1.39. The minimum Gasteiger partial charge on any atom is -0.294 e. The first-order chi connectivity index (χ1) is 9.70. The summed E-state index contributed by atoms with van der Waals surface area (Å²) in [4.78, 5) is 12.4. The van der Waals surface area contributed by atoms with Crippen molar-refractivity contribution in [3.63, 3.8) is 0 Å². The van der Waals surface area contributed by atoms with E-state index in [1.54, 1.807) is 0 Å². The fourth-order valence-electron chi connectivity index (χ4n) is 3.32. The zero-order chi connectivity index (χ0) is 15.8. The van der Waals surface area contributed by atoms with E-state index in [1.165, 1.54) is 0 Å². The van der Waals surface area contributed by atoms with Gasteiger partial charge in [-0.1, -0.05) is 19.9 Å². The summed E-state index contributed by atoms with van der Waals surface area (Å²) in [6.45, 7) is 4.02. The largest absolute Gasteiger partial charge is 0.419 e. The highest BCUT2D eigenvalue weighted by atomic mass is 19.4. The molecule has 1 nitrogen and oxygen atoms in total. The van der Waals surface area contributed by atoms with E-state index in [0.29, 0.717) is 30.7 Å². The van der Waals surface area contributed by atoms with Gasteiger partial charge in [0.2, 0.25) is 0 Å². The topological polar surface area (TPSA) is 17.1 Å². The van der Waals surface area contributed by atoms with Crippen LogP contribution in [0, 0.1) is 23.6 Å². The van der Waals surface area contributed by atoms with Gasteiger partial charge in [-0.25, -0.2) is 4.39 Å². The van der Waals surface area contributed by atoms with Gasteiger partial charge in [0, 0.05) is 5.92 Å². The van der Waals surface area contributed by atoms with Crippen LogP contribution in [-0.2, 0) is 6.18 Å². The van der Waals surface area contributed by atoms with Gasteiger partial charge in [0.25, 0.3) is 0 Å². The van der Waals surface area contributed by atoms with Crippen LogP contribution in [0.25, 0.3) is 0 Å². The summed E-state index contributed by atoms with van der Waals surface area (Å²) in [5, 5.41) is 0. The van der Waals surface area contributed by atoms with E-state index in [-0.39, 0.29) is 5.92 Å². The van der Waals surface area contributed by atoms with Crippen LogP contribution in [0.1, 0.15) is 49.0 Å². The molecule has 1 aromatic carbocycles. The lowest BCUT2D eigenvalue weighted by Crippen LogP contribution is -2.27. The smallest absolute Gasteiger partial charge is 0.294 e. The van der Waals surface area contributed by atoms with Crippen LogP contribution >= 0.6 is 0 Å². The monoisotopic (exact) mass is 302 g/mol. The summed E-state index contributed by atoms with van der Waals surface area (Å²) in [7, 11) is 0. The van der Waals surface area contributed by atoms with Gasteiger partial charge in [-0.05, 0) is 43.2 Å². The number of halogens is 4. The fraction of sp³-hybridized carbons (Fsp3) is 0.562. The van der Waals surface area contributed by atoms with Gasteiger partial charge in [0.1, 0.15) is 5.82 Å². The van der Waals surface area contributed by atoms with E-state index >= 15 is 0 Å². The summed E-state index contributed by atoms with van der Waals surface area (Å²) >= 11 is 0. The highest BCUT2D eigenvalue weighted by Crippen LogP contribution is 2.37. The molecule has 116 valence electrons. The molecule has 2 atom stereocenters. The molecule has 0 aliphatic heterocycles. The van der Waals surface area contributed by atoms with Crippen molar-refractivity contribution in [3.8, 4) is 0 Å². The Kier molecular flexibility index (Phi) is 4.40. The predicted molar refractivity (Wildman–Crippen MR) is 71.4 cm³/mol. The third-order valence-electron chi connectivity index (χ3n) is 4.12. The highest BCUT2D eigenvalue weighted by Gasteiger charge is 2.37. The summed E-state index contributed by atoms with van der Waals surface area (Å²) in [6.07, 6.45) is -2.57. The number of rotatable bonds is 2. The molecular weight excluding hydrogens is 284 g/mol. The minimum atomic E-state index is -4.78. The Balaban J connectivity index is 2.32. The molecule has 1 aliphatic carbocycles. The molecule has 1 saturated carbocycles. The summed E-state index contributed by atoms with van der Waals surface area (Å²) in [6, 6.07) is 2.91. The van der Waals surface area contributed by atoms with E-state index in [1.807, 2.05) is 13.8 Å². The van der Waals surface area contributed by atoms with Crippen molar-refractivity contribution in [2.45, 2.75) is 39.3 Å². The zero-order valence-electron chi connectivity index (χ0n) is 12.0. The van der Waals surface area contributed by atoms with Crippen LogP contribution < -0.4 is 0 Å². The molecule has 2 rings (SSSR count). The number of alkyl halides is 3. The lowest BCUT2D eigenvalue weighted by Gasteiger charge is -2.30. The Morgan fingerprint density at radius 3 is 2.19 bits per heavy atom. The Bertz CT molecular complexity index is 526. The Morgan fingerprint density at radius 1 is 1.10 bits per heavy atom. The molecule has 1 aromatic rings. The normalized spacial score (nSPS) is 26.7. The molecule has 1 aliphatic rings. The van der Waals surface area contributed by atoms with E-state index in [9.17, 15) is 22.4 Å². The van der Waals surface area contributed by atoms with Gasteiger partial charge in [-0.15, -0.1) is 0 Å². The van der Waals surface area contributed by atoms with Crippen molar-refractivity contribution in [2.24, 2.45) is 17.8 Å². The first-order valence-corrected chi connectivity index (χ1v) is 7.10. The summed E-state index contributed by atoms with van der Waals surface area (Å²) in [5.74, 6) is -1.67. The van der Waals surface area contributed by atoms with Gasteiger partial charge in [-0.3, -0.25) is 4.79 Å². The summed E-state index contributed by atoms with van der Waals surface area (Å²) < 4.78 is 52.1. The lowest BCUT2D eigenvalue weighted by atomic mass is 9.74. The molecule has 0 amide bonds. The fourth-order valence-corrected chi connectivity index (χ4v) is 3.32. The first-order valence-electron chi connectivity index (χ1n) is 7.10. The minimum absolute atomic E-state index is 0.330. The predicted octanol–water partition coefficient (Wildman–Crippen LogP) is 5.10. The van der Waals surface area contributed by atoms with Crippen molar-refractivity contribution >= 4 is 5.78 Å². The van der Waals surface area contributed by atoms with Crippen LogP contribution in [0.3, 0.4) is 0 Å². The van der Waals surface area contributed by atoms with E-state index in [2.05, 4.69) is 0 Å². The second kappa shape index (κ2) is 5.78. The van der Waals surface area contributed by atoms with Crippen molar-refractivity contribution in [2.75, 3.05) is 0 Å². The Labute approximate surface area is 121 Å². The van der Waals surface area contributed by atoms with Crippen LogP contribution in [0.2, 0.25) is 0 Å². The van der Waals surface area contributed by atoms with Crippen LogP contribution in [0.15, 0.2) is 18.2 Å². The van der Waals surface area contributed by atoms with E-state index in [4.69, 9.17) is 0 Å². The Morgan fingerprint density at radius 2 is 1.67 bits per heavy atom. The standard InChI is InChI=1S/C16H18F4O/c1-9-6-10(2)8-11(7-9)15(21)12-4-3-5-13(14(12)17)16(18,19)20/h3-5,9-11H,6-8H2,1-2H3. The molecule has 2 unspecified atom stereocenters. The van der Waals surface area contributed by atoms with Crippen LogP contribution in [0.5, 0.6) is 0 Å². The van der Waals surface area contributed by atoms with Gasteiger partial charge in [-0.2, -0.15) is 13.2 Å². The van der Waals surface area contributed by atoms with Crippen LogP contribution in [-0.4, -0.2) is 5.78 Å². The van der Waals surface area contributed by atoms with Gasteiger partial charge in [0.15, 0.2) is 5.78 Å². The van der Waals surface area contributed by atoms with E-state index < -0.39 is 28.9 Å². The van der Waals surface area contributed by atoms with Gasteiger partial charge >= 0.3 is 6.18 Å². The molecule has 0 bridgehead atoms. The molecular formula is C16H18F4O. The molecule has 21 heavy (non-hydrogen) atoms. The first kappa shape index (κ1) is 16.0. The molecule has 0 aromatic heterocycles. The van der Waals surface area contributed by atoms with Gasteiger partial charge in [0.05, 0.1) is 11.1 Å². The maximum atomic E-state index is 14.0. The highest BCUT2D eigenvalue weighted by molar-refractivity contribution is 5.98. The maximum absolute atomic E-state index is 14.0. The van der Waals surface area contributed by atoms with Crippen molar-refractivity contribution in [1.29, 1.82) is 0 Å². The lowest BCUT2D eigenvalue weighted by molar-refractivity contribution is -0.140. The number of carbonyl (C=O) groups is 1.